The molecule has 0 radical (unpaired) electrons. The number of terminal acetylenes is 1. The summed E-state index contributed by atoms with van der Waals surface area (Å²) in [4.78, 5) is 7.10. The molecule has 0 spiro atoms. The minimum atomic E-state index is -0.426. The maximum atomic E-state index is 13.8. The number of halogens is 2. The second kappa shape index (κ2) is 10.0. The van der Waals surface area contributed by atoms with Gasteiger partial charge in [0.1, 0.15) is 5.82 Å². The monoisotopic (exact) mass is 398 g/mol. The Labute approximate surface area is 169 Å². The Bertz CT molecular complexity index is 888. The highest BCUT2D eigenvalue weighted by Gasteiger charge is 2.11. The molecule has 0 N–H and O–H groups in total. The smallest absolute Gasteiger partial charge is 0.142 e. The first-order chi connectivity index (χ1) is 13.0. The lowest BCUT2D eigenvalue weighted by molar-refractivity contribution is 0.625. The molecule has 138 valence electrons. The Hall–Kier alpha value is -2.48. The number of anilines is 1. The van der Waals surface area contributed by atoms with E-state index in [9.17, 15) is 4.39 Å². The molecule has 0 heterocycles. The van der Waals surface area contributed by atoms with E-state index < -0.39 is 5.82 Å². The van der Waals surface area contributed by atoms with E-state index in [4.69, 9.17) is 18.0 Å². The first-order valence-electron chi connectivity index (χ1n) is 8.17. The number of rotatable bonds is 8. The summed E-state index contributed by atoms with van der Waals surface area (Å²) < 4.78 is 13.8. The second-order valence-corrected chi connectivity index (χ2v) is 7.28. The Balaban J connectivity index is 2.28. The first-order valence-corrected chi connectivity index (χ1v) is 9.53. The van der Waals surface area contributed by atoms with Gasteiger partial charge in [0.2, 0.25) is 0 Å². The lowest BCUT2D eigenvalue weighted by Gasteiger charge is -2.25. The number of benzene rings is 2. The summed E-state index contributed by atoms with van der Waals surface area (Å²) in [5.41, 5.74) is 3.37. The summed E-state index contributed by atoms with van der Waals surface area (Å²) >= 11 is 7.41. The molecule has 2 aromatic rings. The molecule has 0 aliphatic heterocycles. The van der Waals surface area contributed by atoms with Crippen LogP contribution in [0.2, 0.25) is 5.02 Å². The maximum absolute atomic E-state index is 13.8. The van der Waals surface area contributed by atoms with Crippen molar-refractivity contribution in [1.82, 2.24) is 0 Å². The topological polar surface area (TPSA) is 15.6 Å². The van der Waals surface area contributed by atoms with Gasteiger partial charge < -0.3 is 4.90 Å². The van der Waals surface area contributed by atoms with Gasteiger partial charge in [-0.1, -0.05) is 30.2 Å². The largest absolute Gasteiger partial charge is 0.358 e. The number of aliphatic imine (C=N–C) groups is 1. The molecule has 0 saturated heterocycles. The van der Waals surface area contributed by atoms with Crippen LogP contribution in [-0.4, -0.2) is 12.6 Å². The Kier molecular flexibility index (Phi) is 7.72. The molecule has 0 amide bonds. The number of nitrogens with zero attached hydrogens (tertiary/aromatic N) is 2. The fourth-order valence-electron chi connectivity index (χ4n) is 2.41. The summed E-state index contributed by atoms with van der Waals surface area (Å²) in [7, 11) is 0. The van der Waals surface area contributed by atoms with Crippen molar-refractivity contribution in [3.05, 3.63) is 87.7 Å². The minimum absolute atomic E-state index is 0.115. The third-order valence-electron chi connectivity index (χ3n) is 3.92. The average Bonchev–Trinajstić information content (AvgIpc) is 2.69. The summed E-state index contributed by atoms with van der Waals surface area (Å²) in [6.45, 7) is 9.81. The SMILES string of the molecule is C#Cc1ccc(N(CS/C(C)=C(/C=C)N=C)Cc2ccc(Cl)c(F)c2)cc1. The van der Waals surface area contributed by atoms with Gasteiger partial charge in [-0.15, -0.1) is 18.2 Å². The zero-order valence-electron chi connectivity index (χ0n) is 15.1. The number of allylic oxidation sites excluding steroid dienone is 2. The highest BCUT2D eigenvalue weighted by molar-refractivity contribution is 8.03. The van der Waals surface area contributed by atoms with Crippen molar-refractivity contribution in [3.63, 3.8) is 0 Å². The molecule has 2 aromatic carbocycles. The summed E-state index contributed by atoms with van der Waals surface area (Å²) in [6.07, 6.45) is 7.12. The van der Waals surface area contributed by atoms with Crippen LogP contribution in [0.3, 0.4) is 0 Å². The summed E-state index contributed by atoms with van der Waals surface area (Å²) in [5.74, 6) is 2.82. The molecule has 5 heteroatoms. The van der Waals surface area contributed by atoms with E-state index in [2.05, 4.69) is 29.1 Å². The van der Waals surface area contributed by atoms with Crippen LogP contribution in [0.5, 0.6) is 0 Å². The van der Waals surface area contributed by atoms with Crippen molar-refractivity contribution in [1.29, 1.82) is 0 Å². The van der Waals surface area contributed by atoms with Crippen LogP contribution >= 0.6 is 23.4 Å². The van der Waals surface area contributed by atoms with Crippen molar-refractivity contribution in [2.45, 2.75) is 13.5 Å². The Morgan fingerprint density at radius 1 is 1.33 bits per heavy atom. The Morgan fingerprint density at radius 3 is 2.59 bits per heavy atom. The average molecular weight is 399 g/mol. The number of thioether (sulfide) groups is 1. The summed E-state index contributed by atoms with van der Waals surface area (Å²) in [5, 5.41) is 0.115. The van der Waals surface area contributed by atoms with E-state index in [1.807, 2.05) is 37.3 Å². The van der Waals surface area contributed by atoms with Gasteiger partial charge in [-0.2, -0.15) is 0 Å². The number of hydrogen-bond donors (Lipinski definition) is 0. The number of hydrogen-bond acceptors (Lipinski definition) is 3. The minimum Gasteiger partial charge on any atom is -0.358 e. The van der Waals surface area contributed by atoms with Crippen molar-refractivity contribution in [2.24, 2.45) is 4.99 Å². The van der Waals surface area contributed by atoms with Gasteiger partial charge >= 0.3 is 0 Å². The molecule has 0 fully saturated rings. The normalized spacial score (nSPS) is 11.3. The lowest BCUT2D eigenvalue weighted by atomic mass is 10.1. The molecule has 27 heavy (non-hydrogen) atoms. The van der Waals surface area contributed by atoms with E-state index in [-0.39, 0.29) is 5.02 Å². The summed E-state index contributed by atoms with van der Waals surface area (Å²) in [6, 6.07) is 12.5. The van der Waals surface area contributed by atoms with Crippen LogP contribution in [0.25, 0.3) is 0 Å². The van der Waals surface area contributed by atoms with Crippen molar-refractivity contribution in [2.75, 3.05) is 10.8 Å². The van der Waals surface area contributed by atoms with Crippen molar-refractivity contribution >= 4 is 35.8 Å². The second-order valence-electron chi connectivity index (χ2n) is 5.71. The van der Waals surface area contributed by atoms with Gasteiger partial charge in [0, 0.05) is 22.7 Å². The van der Waals surface area contributed by atoms with E-state index in [1.54, 1.807) is 23.9 Å². The standard InChI is InChI=1S/C22H20ClFN2S/c1-5-17-7-10-19(11-8-17)26(15-27-16(3)22(6-2)25-4)14-18-9-12-20(23)21(24)13-18/h1,6-13H,2,4,14-15H2,3H3/b22-16-. The fourth-order valence-corrected chi connectivity index (χ4v) is 3.41. The highest BCUT2D eigenvalue weighted by Crippen LogP contribution is 2.27. The van der Waals surface area contributed by atoms with Crippen molar-refractivity contribution in [3.8, 4) is 12.3 Å². The molecule has 0 unspecified atom stereocenters. The molecule has 0 atom stereocenters. The quantitative estimate of drug-likeness (QED) is 0.225. The molecule has 2 nitrogen and oxygen atoms in total. The predicted molar refractivity (Wildman–Crippen MR) is 117 cm³/mol. The fraction of sp³-hybridized carbons (Fsp3) is 0.136. The third kappa shape index (κ3) is 5.75. The zero-order chi connectivity index (χ0) is 19.8. The van der Waals surface area contributed by atoms with E-state index in [1.165, 1.54) is 6.07 Å². The third-order valence-corrected chi connectivity index (χ3v) is 5.31. The van der Waals surface area contributed by atoms with Crippen LogP contribution in [0.4, 0.5) is 10.1 Å². The lowest BCUT2D eigenvalue weighted by Crippen LogP contribution is -2.22. The van der Waals surface area contributed by atoms with Gasteiger partial charge in [0.05, 0.1) is 16.6 Å². The Morgan fingerprint density at radius 2 is 2.04 bits per heavy atom. The van der Waals surface area contributed by atoms with Gasteiger partial charge in [-0.3, -0.25) is 4.99 Å². The molecule has 0 bridgehead atoms. The first kappa shape index (κ1) is 20.8. The van der Waals surface area contributed by atoms with Gasteiger partial charge in [0.25, 0.3) is 0 Å². The van der Waals surface area contributed by atoms with Crippen LogP contribution in [0.1, 0.15) is 18.1 Å². The van der Waals surface area contributed by atoms with Gasteiger partial charge in [-0.05, 0) is 61.7 Å². The van der Waals surface area contributed by atoms with Crippen LogP contribution in [0, 0.1) is 18.2 Å². The molecule has 0 aliphatic carbocycles. The molecule has 0 aromatic heterocycles. The van der Waals surface area contributed by atoms with Crippen LogP contribution in [-0.2, 0) is 6.54 Å². The zero-order valence-corrected chi connectivity index (χ0v) is 16.7. The van der Waals surface area contributed by atoms with Gasteiger partial charge in [-0.25, -0.2) is 4.39 Å². The van der Waals surface area contributed by atoms with Crippen molar-refractivity contribution < 1.29 is 4.39 Å². The predicted octanol–water partition coefficient (Wildman–Crippen LogP) is 6.28. The van der Waals surface area contributed by atoms with Gasteiger partial charge in [0.15, 0.2) is 0 Å². The molecule has 0 aliphatic rings. The molecule has 0 saturated carbocycles. The van der Waals surface area contributed by atoms with Crippen LogP contribution < -0.4 is 4.90 Å². The highest BCUT2D eigenvalue weighted by atomic mass is 35.5. The molecular formula is C22H20ClFN2S. The molecular weight excluding hydrogens is 379 g/mol. The van der Waals surface area contributed by atoms with E-state index in [0.29, 0.717) is 12.4 Å². The van der Waals surface area contributed by atoms with Crippen LogP contribution in [0.15, 0.2) is 70.7 Å². The van der Waals surface area contributed by atoms with E-state index >= 15 is 0 Å². The molecule has 2 rings (SSSR count). The maximum Gasteiger partial charge on any atom is 0.142 e. The van der Waals surface area contributed by atoms with E-state index in [0.717, 1.165) is 27.4 Å².